The van der Waals surface area contributed by atoms with Gasteiger partial charge in [-0.3, -0.25) is 39.0 Å². The van der Waals surface area contributed by atoms with Crippen LogP contribution < -0.4 is 20.7 Å². The fraction of sp³-hybridized carbons (Fsp3) is 0.520. The molecule has 0 radical (unpaired) electrons. The Kier molecular flexibility index (Phi) is 10.1. The average Bonchev–Trinajstić information content (AvgIpc) is 3.13. The van der Waals surface area contributed by atoms with E-state index in [1.54, 1.807) is 0 Å². The zero-order valence-electron chi connectivity index (χ0n) is 20.8. The van der Waals surface area contributed by atoms with Gasteiger partial charge in [-0.1, -0.05) is 18.9 Å². The van der Waals surface area contributed by atoms with Crippen LogP contribution in [0, 0.1) is 0 Å². The first kappa shape index (κ1) is 27.8. The molecule has 3 rings (SSSR count). The predicted molar refractivity (Wildman–Crippen MR) is 130 cm³/mol. The zero-order valence-corrected chi connectivity index (χ0v) is 20.8. The number of carbonyl (C=O) groups is 6. The number of piperidine rings is 1. The zero-order chi connectivity index (χ0) is 26.8. The van der Waals surface area contributed by atoms with Crippen molar-refractivity contribution < 1.29 is 38.2 Å². The molecule has 37 heavy (non-hydrogen) atoms. The van der Waals surface area contributed by atoms with E-state index in [0.29, 0.717) is 19.7 Å². The standard InChI is InChI=1S/C25H32N4O8/c1-2-36-14-20(31)26-12-5-3-4-6-13-27-21(32)15-37-18-9-7-8-16-22(18)25(35)29(24(16)34)17-10-11-19(30)28-23(17)33/h7-9,17H,2-6,10-15H2,1H3,(H,26,31)(H,27,32)(H,28,30,33). The van der Waals surface area contributed by atoms with Gasteiger partial charge in [-0.15, -0.1) is 0 Å². The molecule has 0 saturated carbocycles. The van der Waals surface area contributed by atoms with Gasteiger partial charge in [-0.25, -0.2) is 0 Å². The second kappa shape index (κ2) is 13.5. The van der Waals surface area contributed by atoms with E-state index in [0.717, 1.165) is 30.6 Å². The number of hydrogen-bond donors (Lipinski definition) is 3. The van der Waals surface area contributed by atoms with Crippen molar-refractivity contribution in [2.24, 2.45) is 0 Å². The van der Waals surface area contributed by atoms with Crippen LogP contribution in [0.2, 0.25) is 0 Å². The van der Waals surface area contributed by atoms with E-state index in [4.69, 9.17) is 9.47 Å². The maximum absolute atomic E-state index is 13.0. The van der Waals surface area contributed by atoms with E-state index in [1.807, 2.05) is 6.92 Å². The smallest absolute Gasteiger partial charge is 0.266 e. The topological polar surface area (TPSA) is 160 Å². The van der Waals surface area contributed by atoms with Gasteiger partial charge in [0.1, 0.15) is 18.4 Å². The first-order chi connectivity index (χ1) is 17.8. The van der Waals surface area contributed by atoms with E-state index >= 15 is 0 Å². The Balaban J connectivity index is 1.40. The largest absolute Gasteiger partial charge is 0.483 e. The summed E-state index contributed by atoms with van der Waals surface area (Å²) < 4.78 is 10.6. The van der Waals surface area contributed by atoms with E-state index in [-0.39, 0.29) is 54.7 Å². The van der Waals surface area contributed by atoms with Gasteiger partial charge in [-0.2, -0.15) is 0 Å². The first-order valence-electron chi connectivity index (χ1n) is 12.4. The lowest BCUT2D eigenvalue weighted by molar-refractivity contribution is -0.136. The minimum atomic E-state index is -1.08. The number of imide groups is 2. The van der Waals surface area contributed by atoms with Gasteiger partial charge in [0.25, 0.3) is 17.7 Å². The van der Waals surface area contributed by atoms with Gasteiger partial charge in [0.05, 0.1) is 11.1 Å². The van der Waals surface area contributed by atoms with Crippen LogP contribution in [0.25, 0.3) is 0 Å². The van der Waals surface area contributed by atoms with Gasteiger partial charge >= 0.3 is 0 Å². The number of fused-ring (bicyclic) bond motifs is 1. The van der Waals surface area contributed by atoms with Crippen molar-refractivity contribution in [2.75, 3.05) is 32.9 Å². The van der Waals surface area contributed by atoms with Crippen molar-refractivity contribution in [3.63, 3.8) is 0 Å². The van der Waals surface area contributed by atoms with Crippen LogP contribution >= 0.6 is 0 Å². The molecule has 0 aliphatic carbocycles. The Morgan fingerprint density at radius 3 is 2.30 bits per heavy atom. The quantitative estimate of drug-likeness (QED) is 0.235. The molecule has 1 fully saturated rings. The molecule has 1 aromatic rings. The number of hydrogen-bond acceptors (Lipinski definition) is 8. The molecule has 6 amide bonds. The molecule has 1 unspecified atom stereocenters. The minimum Gasteiger partial charge on any atom is -0.483 e. The third kappa shape index (κ3) is 7.35. The molecule has 3 N–H and O–H groups in total. The molecule has 12 nitrogen and oxygen atoms in total. The van der Waals surface area contributed by atoms with Crippen LogP contribution in [0.1, 0.15) is 66.2 Å². The molecule has 1 saturated heterocycles. The number of unbranched alkanes of at least 4 members (excludes halogenated alkanes) is 3. The van der Waals surface area contributed by atoms with Gasteiger partial charge in [-0.05, 0) is 38.3 Å². The average molecular weight is 517 g/mol. The van der Waals surface area contributed by atoms with Crippen LogP contribution in [0.3, 0.4) is 0 Å². The summed E-state index contributed by atoms with van der Waals surface area (Å²) in [6.07, 6.45) is 3.44. The van der Waals surface area contributed by atoms with Crippen LogP contribution in [-0.2, 0) is 23.9 Å². The van der Waals surface area contributed by atoms with Crippen LogP contribution in [0.5, 0.6) is 5.75 Å². The Morgan fingerprint density at radius 1 is 0.973 bits per heavy atom. The number of carbonyl (C=O) groups excluding carboxylic acids is 6. The number of rotatable bonds is 14. The summed E-state index contributed by atoms with van der Waals surface area (Å²) in [4.78, 5) is 74.0. The third-order valence-electron chi connectivity index (χ3n) is 5.97. The van der Waals surface area contributed by atoms with Crippen molar-refractivity contribution in [1.29, 1.82) is 0 Å². The third-order valence-corrected chi connectivity index (χ3v) is 5.97. The second-order valence-electron chi connectivity index (χ2n) is 8.67. The number of benzene rings is 1. The lowest BCUT2D eigenvalue weighted by Gasteiger charge is -2.27. The molecule has 2 heterocycles. The van der Waals surface area contributed by atoms with Crippen molar-refractivity contribution in [1.82, 2.24) is 20.9 Å². The highest BCUT2D eigenvalue weighted by Crippen LogP contribution is 2.33. The molecule has 0 bridgehead atoms. The first-order valence-corrected chi connectivity index (χ1v) is 12.4. The molecular formula is C25H32N4O8. The molecule has 2 aliphatic rings. The van der Waals surface area contributed by atoms with E-state index < -0.39 is 29.7 Å². The van der Waals surface area contributed by atoms with Crippen molar-refractivity contribution in [2.45, 2.75) is 51.5 Å². The number of ether oxygens (including phenoxy) is 2. The maximum Gasteiger partial charge on any atom is 0.266 e. The highest BCUT2D eigenvalue weighted by Gasteiger charge is 2.46. The number of nitrogens with zero attached hydrogens (tertiary/aromatic N) is 1. The molecular weight excluding hydrogens is 484 g/mol. The summed E-state index contributed by atoms with van der Waals surface area (Å²) >= 11 is 0. The van der Waals surface area contributed by atoms with Gasteiger partial charge in [0.2, 0.25) is 17.7 Å². The fourth-order valence-corrected chi connectivity index (χ4v) is 4.10. The number of amides is 6. The molecule has 1 aromatic carbocycles. The SMILES string of the molecule is CCOCC(=O)NCCCCCCNC(=O)COc1cccc2c1C(=O)N(C1CCC(=O)NC1=O)C2=O. The minimum absolute atomic E-state index is 0.00153. The van der Waals surface area contributed by atoms with Crippen molar-refractivity contribution >= 4 is 35.4 Å². The Morgan fingerprint density at radius 2 is 1.65 bits per heavy atom. The Bertz CT molecular complexity index is 1060. The van der Waals surface area contributed by atoms with Crippen molar-refractivity contribution in [3.05, 3.63) is 29.3 Å². The summed E-state index contributed by atoms with van der Waals surface area (Å²) in [5, 5.41) is 7.67. The van der Waals surface area contributed by atoms with Gasteiger partial charge in [0, 0.05) is 26.1 Å². The molecule has 200 valence electrons. The second-order valence-corrected chi connectivity index (χ2v) is 8.67. The molecule has 1 atom stereocenters. The molecule has 12 heteroatoms. The van der Waals surface area contributed by atoms with E-state index in [9.17, 15) is 28.8 Å². The monoisotopic (exact) mass is 516 g/mol. The lowest BCUT2D eigenvalue weighted by Crippen LogP contribution is -2.54. The summed E-state index contributed by atoms with van der Waals surface area (Å²) in [5.74, 6) is -2.91. The van der Waals surface area contributed by atoms with Crippen molar-refractivity contribution in [3.8, 4) is 5.75 Å². The Hall–Kier alpha value is -3.80. The molecule has 2 aliphatic heterocycles. The highest BCUT2D eigenvalue weighted by atomic mass is 16.5. The van der Waals surface area contributed by atoms with Crippen LogP contribution in [-0.4, -0.2) is 79.3 Å². The summed E-state index contributed by atoms with van der Waals surface area (Å²) in [6.45, 7) is 3.08. The van der Waals surface area contributed by atoms with Gasteiger partial charge < -0.3 is 20.1 Å². The van der Waals surface area contributed by atoms with Crippen LogP contribution in [0.15, 0.2) is 18.2 Å². The molecule has 0 aromatic heterocycles. The predicted octanol–water partition coefficient (Wildman–Crippen LogP) is 0.296. The van der Waals surface area contributed by atoms with Gasteiger partial charge in [0.15, 0.2) is 6.61 Å². The molecule has 0 spiro atoms. The summed E-state index contributed by atoms with van der Waals surface area (Å²) in [6, 6.07) is 3.40. The summed E-state index contributed by atoms with van der Waals surface area (Å²) in [5.41, 5.74) is 0.0834. The summed E-state index contributed by atoms with van der Waals surface area (Å²) in [7, 11) is 0. The Labute approximate surface area is 214 Å². The maximum atomic E-state index is 13.0. The lowest BCUT2D eigenvalue weighted by atomic mass is 10.0. The highest BCUT2D eigenvalue weighted by molar-refractivity contribution is 6.24. The number of nitrogens with one attached hydrogen (secondary N) is 3. The normalized spacial score (nSPS) is 16.9. The van der Waals surface area contributed by atoms with E-state index in [1.165, 1.54) is 18.2 Å². The van der Waals surface area contributed by atoms with E-state index in [2.05, 4.69) is 16.0 Å². The fourth-order valence-electron chi connectivity index (χ4n) is 4.10. The van der Waals surface area contributed by atoms with Crippen LogP contribution in [0.4, 0.5) is 0 Å².